The summed E-state index contributed by atoms with van der Waals surface area (Å²) in [6.45, 7) is 0.810. The number of fused-ring (bicyclic) bond motifs is 1. The van der Waals surface area contributed by atoms with E-state index in [2.05, 4.69) is 9.62 Å². The zero-order valence-corrected chi connectivity index (χ0v) is 13.7. The topological polar surface area (TPSA) is 49.4 Å². The first-order valence-electron chi connectivity index (χ1n) is 7.05. The summed E-state index contributed by atoms with van der Waals surface area (Å²) in [5, 5.41) is 0.517. The molecule has 2 aromatic rings. The number of hydrogen-bond donors (Lipinski definition) is 1. The van der Waals surface area contributed by atoms with E-state index in [-0.39, 0.29) is 10.9 Å². The summed E-state index contributed by atoms with van der Waals surface area (Å²) in [4.78, 5) is 2.37. The van der Waals surface area contributed by atoms with Crippen molar-refractivity contribution in [3.8, 4) is 0 Å². The summed E-state index contributed by atoms with van der Waals surface area (Å²) in [5.74, 6) is 0. The fraction of sp³-hybridized carbons (Fsp3) is 0.250. The standard InChI is InChI=1S/C16H17ClN2O2S/c1-19-11-10-15(14-4-2-3-5-16(14)19)18-22(20,21)13-8-6-12(17)7-9-13/h2-9,15,18H,10-11H2,1H3. The average molecular weight is 337 g/mol. The van der Waals surface area contributed by atoms with Crippen LogP contribution in [0.2, 0.25) is 5.02 Å². The molecule has 0 bridgehead atoms. The number of nitrogens with one attached hydrogen (secondary N) is 1. The molecule has 4 nitrogen and oxygen atoms in total. The van der Waals surface area contributed by atoms with E-state index in [4.69, 9.17) is 11.6 Å². The predicted molar refractivity (Wildman–Crippen MR) is 88.8 cm³/mol. The molecule has 0 amide bonds. The molecule has 1 heterocycles. The highest BCUT2D eigenvalue weighted by atomic mass is 35.5. The largest absolute Gasteiger partial charge is 0.374 e. The maximum absolute atomic E-state index is 12.5. The van der Waals surface area contributed by atoms with Crippen molar-refractivity contribution in [3.05, 3.63) is 59.1 Å². The summed E-state index contributed by atoms with van der Waals surface area (Å²) in [5.41, 5.74) is 2.08. The number of para-hydroxylation sites is 1. The number of sulfonamides is 1. The molecule has 6 heteroatoms. The van der Waals surface area contributed by atoms with Crippen molar-refractivity contribution >= 4 is 27.3 Å². The number of anilines is 1. The van der Waals surface area contributed by atoms with Gasteiger partial charge >= 0.3 is 0 Å². The summed E-state index contributed by atoms with van der Waals surface area (Å²) in [6, 6.07) is 13.9. The van der Waals surface area contributed by atoms with Crippen molar-refractivity contribution in [1.82, 2.24) is 4.72 Å². The van der Waals surface area contributed by atoms with Crippen LogP contribution in [0.5, 0.6) is 0 Å². The molecule has 0 saturated carbocycles. The molecule has 2 aromatic carbocycles. The number of hydrogen-bond acceptors (Lipinski definition) is 3. The van der Waals surface area contributed by atoms with Crippen LogP contribution in [0.3, 0.4) is 0 Å². The maximum atomic E-state index is 12.5. The third-order valence-corrected chi connectivity index (χ3v) is 5.64. The Morgan fingerprint density at radius 2 is 1.82 bits per heavy atom. The molecular formula is C16H17ClN2O2S. The molecule has 1 unspecified atom stereocenters. The Balaban J connectivity index is 1.90. The molecule has 1 aliphatic rings. The second kappa shape index (κ2) is 5.91. The van der Waals surface area contributed by atoms with Crippen LogP contribution in [-0.2, 0) is 10.0 Å². The minimum Gasteiger partial charge on any atom is -0.374 e. The molecule has 1 aliphatic heterocycles. The van der Waals surface area contributed by atoms with Crippen LogP contribution in [0.4, 0.5) is 5.69 Å². The van der Waals surface area contributed by atoms with Crippen LogP contribution < -0.4 is 9.62 Å². The van der Waals surface area contributed by atoms with E-state index in [1.807, 2.05) is 31.3 Å². The normalized spacial score (nSPS) is 18.1. The Bertz CT molecular complexity index is 775. The zero-order valence-electron chi connectivity index (χ0n) is 12.2. The monoisotopic (exact) mass is 336 g/mol. The number of nitrogens with zero attached hydrogens (tertiary/aromatic N) is 1. The molecule has 1 N–H and O–H groups in total. The van der Waals surface area contributed by atoms with E-state index in [0.717, 1.165) is 24.2 Å². The SMILES string of the molecule is CN1CCC(NS(=O)(=O)c2ccc(Cl)cc2)c2ccccc21. The molecule has 3 rings (SSSR count). The van der Waals surface area contributed by atoms with Crippen molar-refractivity contribution in [2.45, 2.75) is 17.4 Å². The average Bonchev–Trinajstić information content (AvgIpc) is 2.51. The van der Waals surface area contributed by atoms with E-state index >= 15 is 0 Å². The minimum absolute atomic E-state index is 0.215. The second-order valence-corrected chi connectivity index (χ2v) is 7.55. The lowest BCUT2D eigenvalue weighted by molar-refractivity contribution is 0.529. The lowest BCUT2D eigenvalue weighted by Crippen LogP contribution is -2.36. The molecular weight excluding hydrogens is 320 g/mol. The molecule has 22 heavy (non-hydrogen) atoms. The fourth-order valence-corrected chi connectivity index (χ4v) is 4.10. The predicted octanol–water partition coefficient (Wildman–Crippen LogP) is 3.20. The van der Waals surface area contributed by atoms with E-state index < -0.39 is 10.0 Å². The first kappa shape index (κ1) is 15.3. The highest BCUT2D eigenvalue weighted by Crippen LogP contribution is 2.33. The maximum Gasteiger partial charge on any atom is 0.241 e. The highest BCUT2D eigenvalue weighted by Gasteiger charge is 2.27. The molecule has 116 valence electrons. The molecule has 0 aromatic heterocycles. The van der Waals surface area contributed by atoms with Crippen LogP contribution in [-0.4, -0.2) is 22.0 Å². The molecule has 0 radical (unpaired) electrons. The lowest BCUT2D eigenvalue weighted by Gasteiger charge is -2.33. The lowest BCUT2D eigenvalue weighted by atomic mass is 9.98. The Hall–Kier alpha value is -1.56. The van der Waals surface area contributed by atoms with Crippen LogP contribution >= 0.6 is 11.6 Å². The van der Waals surface area contributed by atoms with Crippen molar-refractivity contribution in [1.29, 1.82) is 0 Å². The summed E-state index contributed by atoms with van der Waals surface area (Å²) < 4.78 is 27.9. The van der Waals surface area contributed by atoms with E-state index in [0.29, 0.717) is 5.02 Å². The first-order valence-corrected chi connectivity index (χ1v) is 8.91. The van der Waals surface area contributed by atoms with Gasteiger partial charge in [0.05, 0.1) is 10.9 Å². The van der Waals surface area contributed by atoms with Crippen LogP contribution in [0.25, 0.3) is 0 Å². The second-order valence-electron chi connectivity index (χ2n) is 5.40. The zero-order chi connectivity index (χ0) is 15.7. The van der Waals surface area contributed by atoms with Gasteiger partial charge in [-0.15, -0.1) is 0 Å². The summed E-state index contributed by atoms with van der Waals surface area (Å²) >= 11 is 5.82. The fourth-order valence-electron chi connectivity index (χ4n) is 2.72. The quantitative estimate of drug-likeness (QED) is 0.936. The van der Waals surface area contributed by atoms with Gasteiger partial charge in [-0.3, -0.25) is 0 Å². The van der Waals surface area contributed by atoms with Crippen LogP contribution in [0, 0.1) is 0 Å². The third-order valence-electron chi connectivity index (χ3n) is 3.90. The van der Waals surface area contributed by atoms with Crippen molar-refractivity contribution in [3.63, 3.8) is 0 Å². The summed E-state index contributed by atoms with van der Waals surface area (Å²) in [7, 11) is -1.55. The van der Waals surface area contributed by atoms with Gasteiger partial charge in [-0.25, -0.2) is 13.1 Å². The van der Waals surface area contributed by atoms with E-state index in [1.165, 1.54) is 12.1 Å². The molecule has 1 atom stereocenters. The minimum atomic E-state index is -3.56. The van der Waals surface area contributed by atoms with Crippen LogP contribution in [0.1, 0.15) is 18.0 Å². The van der Waals surface area contributed by atoms with E-state index in [1.54, 1.807) is 12.1 Å². The smallest absolute Gasteiger partial charge is 0.241 e. The Morgan fingerprint density at radius 3 is 2.55 bits per heavy atom. The first-order chi connectivity index (χ1) is 10.5. The van der Waals surface area contributed by atoms with Gasteiger partial charge in [0.1, 0.15) is 0 Å². The van der Waals surface area contributed by atoms with Crippen molar-refractivity contribution < 1.29 is 8.42 Å². The Labute approximate surface area is 135 Å². The van der Waals surface area contributed by atoms with Gasteiger partial charge in [-0.05, 0) is 42.3 Å². The van der Waals surface area contributed by atoms with E-state index in [9.17, 15) is 8.42 Å². The molecule has 0 saturated heterocycles. The number of rotatable bonds is 3. The highest BCUT2D eigenvalue weighted by molar-refractivity contribution is 7.89. The van der Waals surface area contributed by atoms with Gasteiger partial charge in [0, 0.05) is 24.3 Å². The summed E-state index contributed by atoms with van der Waals surface area (Å²) in [6.07, 6.45) is 0.736. The van der Waals surface area contributed by atoms with Crippen molar-refractivity contribution in [2.75, 3.05) is 18.5 Å². The van der Waals surface area contributed by atoms with Crippen LogP contribution in [0.15, 0.2) is 53.4 Å². The van der Waals surface area contributed by atoms with Crippen molar-refractivity contribution in [2.24, 2.45) is 0 Å². The number of benzene rings is 2. The van der Waals surface area contributed by atoms with Gasteiger partial charge in [0.25, 0.3) is 0 Å². The third kappa shape index (κ3) is 2.97. The van der Waals surface area contributed by atoms with Gasteiger partial charge in [-0.1, -0.05) is 29.8 Å². The molecule has 0 aliphatic carbocycles. The van der Waals surface area contributed by atoms with Gasteiger partial charge < -0.3 is 4.90 Å². The van der Waals surface area contributed by atoms with Gasteiger partial charge in [0.2, 0.25) is 10.0 Å². The van der Waals surface area contributed by atoms with Gasteiger partial charge in [0.15, 0.2) is 0 Å². The number of halogens is 1. The molecule has 0 fully saturated rings. The molecule has 0 spiro atoms. The Kier molecular flexibility index (Phi) is 4.12. The van der Waals surface area contributed by atoms with Gasteiger partial charge in [-0.2, -0.15) is 0 Å². The Morgan fingerprint density at radius 1 is 1.14 bits per heavy atom.